The molecule has 0 spiro atoms. The summed E-state index contributed by atoms with van der Waals surface area (Å²) in [5.74, 6) is 4.12. The van der Waals surface area contributed by atoms with Crippen LogP contribution in [0.2, 0.25) is 0 Å². The van der Waals surface area contributed by atoms with Gasteiger partial charge >= 0.3 is 0 Å². The summed E-state index contributed by atoms with van der Waals surface area (Å²) >= 11 is 0. The van der Waals surface area contributed by atoms with E-state index < -0.39 is 0 Å². The Morgan fingerprint density at radius 2 is 1.93 bits per heavy atom. The Kier molecular flexibility index (Phi) is 2.29. The Morgan fingerprint density at radius 3 is 2.79 bits per heavy atom. The van der Waals surface area contributed by atoms with Crippen LogP contribution in [0.4, 0.5) is 0 Å². The van der Waals surface area contributed by atoms with E-state index >= 15 is 0 Å². The number of aliphatic hydroxyl groups is 1. The highest BCUT2D eigenvalue weighted by atomic mass is 16.3. The number of hydrogen-bond acceptors (Lipinski definition) is 2. The summed E-state index contributed by atoms with van der Waals surface area (Å²) in [5.41, 5.74) is 0. The minimum Gasteiger partial charge on any atom is -0.395 e. The van der Waals surface area contributed by atoms with E-state index in [1.807, 2.05) is 0 Å². The fraction of sp³-hybridized carbons (Fsp3) is 1.00. The molecule has 0 heterocycles. The molecule has 0 unspecified atom stereocenters. The van der Waals surface area contributed by atoms with Crippen molar-refractivity contribution >= 4 is 0 Å². The predicted octanol–water partition coefficient (Wildman–Crippen LogP) is 1.39. The number of rotatable bonds is 3. The molecular weight excluding hydrogens is 174 g/mol. The lowest BCUT2D eigenvalue weighted by molar-refractivity contribution is 0.197. The molecule has 2 bridgehead atoms. The lowest BCUT2D eigenvalue weighted by Crippen LogP contribution is -2.40. The van der Waals surface area contributed by atoms with Gasteiger partial charge in [0, 0.05) is 12.6 Å². The summed E-state index contributed by atoms with van der Waals surface area (Å²) < 4.78 is 0. The van der Waals surface area contributed by atoms with E-state index in [2.05, 4.69) is 5.32 Å². The molecule has 80 valence electrons. The van der Waals surface area contributed by atoms with Crippen molar-refractivity contribution in [3.8, 4) is 0 Å². The number of hydrogen-bond donors (Lipinski definition) is 2. The SMILES string of the molecule is OCCN[C@H]1C[C@H]2C[C@H]1[C@H]1CCC[C@@H]21. The summed E-state index contributed by atoms with van der Waals surface area (Å²) in [4.78, 5) is 0. The number of nitrogens with one attached hydrogen (secondary N) is 1. The quantitative estimate of drug-likeness (QED) is 0.713. The van der Waals surface area contributed by atoms with Crippen LogP contribution in [-0.2, 0) is 0 Å². The summed E-state index contributed by atoms with van der Waals surface area (Å²) in [7, 11) is 0. The molecule has 3 aliphatic rings. The van der Waals surface area contributed by atoms with Gasteiger partial charge in [-0.25, -0.2) is 0 Å². The van der Waals surface area contributed by atoms with E-state index in [9.17, 15) is 0 Å². The van der Waals surface area contributed by atoms with Crippen molar-refractivity contribution < 1.29 is 5.11 Å². The number of fused-ring (bicyclic) bond motifs is 5. The highest BCUT2D eigenvalue weighted by Crippen LogP contribution is 2.58. The maximum absolute atomic E-state index is 8.82. The summed E-state index contributed by atoms with van der Waals surface area (Å²) in [6.45, 7) is 1.09. The molecule has 0 radical (unpaired) electrons. The van der Waals surface area contributed by atoms with Gasteiger partial charge in [0.1, 0.15) is 0 Å². The normalized spacial score (nSPS) is 49.9. The minimum absolute atomic E-state index is 0.294. The topological polar surface area (TPSA) is 32.3 Å². The zero-order valence-corrected chi connectivity index (χ0v) is 8.78. The van der Waals surface area contributed by atoms with Crippen molar-refractivity contribution in [2.24, 2.45) is 23.7 Å². The van der Waals surface area contributed by atoms with Crippen LogP contribution in [0, 0.1) is 23.7 Å². The third-order valence-electron chi connectivity index (χ3n) is 4.95. The second kappa shape index (κ2) is 3.49. The second-order valence-electron chi connectivity index (χ2n) is 5.44. The van der Waals surface area contributed by atoms with Crippen LogP contribution in [0.3, 0.4) is 0 Å². The van der Waals surface area contributed by atoms with Crippen LogP contribution < -0.4 is 5.32 Å². The van der Waals surface area contributed by atoms with Gasteiger partial charge in [0.05, 0.1) is 6.61 Å². The molecule has 0 aliphatic heterocycles. The molecule has 0 aromatic carbocycles. The first-order chi connectivity index (χ1) is 6.90. The van der Waals surface area contributed by atoms with Gasteiger partial charge in [-0.1, -0.05) is 6.42 Å². The Bertz CT molecular complexity index is 218. The Balaban J connectivity index is 1.65. The zero-order chi connectivity index (χ0) is 9.54. The van der Waals surface area contributed by atoms with Crippen LogP contribution in [0.15, 0.2) is 0 Å². The molecule has 2 nitrogen and oxygen atoms in total. The highest BCUT2D eigenvalue weighted by molar-refractivity contribution is 5.05. The third-order valence-corrected chi connectivity index (χ3v) is 4.95. The van der Waals surface area contributed by atoms with Crippen molar-refractivity contribution in [2.45, 2.75) is 38.1 Å². The van der Waals surface area contributed by atoms with Crippen LogP contribution in [0.1, 0.15) is 32.1 Å². The van der Waals surface area contributed by atoms with Gasteiger partial charge in [-0.15, -0.1) is 0 Å². The maximum Gasteiger partial charge on any atom is 0.0556 e. The van der Waals surface area contributed by atoms with Crippen molar-refractivity contribution in [1.29, 1.82) is 0 Å². The Hall–Kier alpha value is -0.0800. The first kappa shape index (κ1) is 9.17. The lowest BCUT2D eigenvalue weighted by atomic mass is 9.79. The molecule has 3 saturated carbocycles. The molecule has 0 aromatic rings. The monoisotopic (exact) mass is 195 g/mol. The van der Waals surface area contributed by atoms with Gasteiger partial charge in [0.15, 0.2) is 0 Å². The van der Waals surface area contributed by atoms with Crippen molar-refractivity contribution in [2.75, 3.05) is 13.2 Å². The van der Waals surface area contributed by atoms with E-state index in [1.165, 1.54) is 32.1 Å². The zero-order valence-electron chi connectivity index (χ0n) is 8.78. The van der Waals surface area contributed by atoms with E-state index in [1.54, 1.807) is 0 Å². The predicted molar refractivity (Wildman–Crippen MR) is 55.9 cm³/mol. The molecule has 0 amide bonds. The van der Waals surface area contributed by atoms with Crippen LogP contribution in [0.25, 0.3) is 0 Å². The fourth-order valence-electron chi connectivity index (χ4n) is 4.55. The Morgan fingerprint density at radius 1 is 1.07 bits per heavy atom. The summed E-state index contributed by atoms with van der Waals surface area (Å²) in [6, 6.07) is 0.742. The molecule has 0 saturated heterocycles. The number of aliphatic hydroxyl groups excluding tert-OH is 1. The second-order valence-corrected chi connectivity index (χ2v) is 5.44. The Labute approximate surface area is 86.1 Å². The molecule has 2 N–H and O–H groups in total. The summed E-state index contributed by atoms with van der Waals surface area (Å²) in [5, 5.41) is 12.3. The molecular formula is C12H21NO. The van der Waals surface area contributed by atoms with Gasteiger partial charge in [-0.3, -0.25) is 0 Å². The molecule has 14 heavy (non-hydrogen) atoms. The van der Waals surface area contributed by atoms with E-state index in [0.717, 1.165) is 36.3 Å². The van der Waals surface area contributed by atoms with E-state index in [0.29, 0.717) is 6.61 Å². The average Bonchev–Trinajstić information content (AvgIpc) is 2.85. The standard InChI is InChI=1S/C12H21NO/c14-5-4-13-12-7-8-6-11(12)10-3-1-2-9(8)10/h8-14H,1-7H2/t8-,9+,10+,11+,12+/m1/s1. The van der Waals surface area contributed by atoms with Gasteiger partial charge in [0.2, 0.25) is 0 Å². The van der Waals surface area contributed by atoms with Crippen molar-refractivity contribution in [3.63, 3.8) is 0 Å². The highest BCUT2D eigenvalue weighted by Gasteiger charge is 2.53. The molecule has 5 atom stereocenters. The molecule has 3 aliphatic carbocycles. The summed E-state index contributed by atoms with van der Waals surface area (Å²) in [6.07, 6.45) is 7.36. The van der Waals surface area contributed by atoms with Gasteiger partial charge in [0.25, 0.3) is 0 Å². The van der Waals surface area contributed by atoms with Crippen molar-refractivity contribution in [3.05, 3.63) is 0 Å². The van der Waals surface area contributed by atoms with Gasteiger partial charge in [-0.05, 0) is 49.4 Å². The van der Waals surface area contributed by atoms with Crippen LogP contribution in [0.5, 0.6) is 0 Å². The largest absolute Gasteiger partial charge is 0.395 e. The van der Waals surface area contributed by atoms with Crippen molar-refractivity contribution in [1.82, 2.24) is 5.32 Å². The van der Waals surface area contributed by atoms with Gasteiger partial charge in [-0.2, -0.15) is 0 Å². The lowest BCUT2D eigenvalue weighted by Gasteiger charge is -2.32. The first-order valence-electron chi connectivity index (χ1n) is 6.24. The van der Waals surface area contributed by atoms with Gasteiger partial charge < -0.3 is 10.4 Å². The average molecular weight is 195 g/mol. The molecule has 0 aromatic heterocycles. The smallest absolute Gasteiger partial charge is 0.0556 e. The first-order valence-corrected chi connectivity index (χ1v) is 6.24. The van der Waals surface area contributed by atoms with E-state index in [-0.39, 0.29) is 0 Å². The van der Waals surface area contributed by atoms with Crippen LogP contribution >= 0.6 is 0 Å². The minimum atomic E-state index is 0.294. The fourth-order valence-corrected chi connectivity index (χ4v) is 4.55. The molecule has 2 heteroatoms. The molecule has 3 fully saturated rings. The van der Waals surface area contributed by atoms with E-state index in [4.69, 9.17) is 5.11 Å². The third kappa shape index (κ3) is 1.24. The maximum atomic E-state index is 8.82. The van der Waals surface area contributed by atoms with Crippen LogP contribution in [-0.4, -0.2) is 24.3 Å². The molecule has 3 rings (SSSR count).